The summed E-state index contributed by atoms with van der Waals surface area (Å²) in [5.74, 6) is 1.82. The molecule has 0 saturated heterocycles. The lowest BCUT2D eigenvalue weighted by atomic mass is 9.91. The molecule has 2 aromatic rings. The number of aromatic nitrogens is 2. The zero-order chi connectivity index (χ0) is 22.7. The van der Waals surface area contributed by atoms with Gasteiger partial charge in [-0.05, 0) is 75.7 Å². The minimum Gasteiger partial charge on any atom is -0.362 e. The maximum Gasteiger partial charge on any atom is 0.225 e. The molecule has 0 atom stereocenters. The van der Waals surface area contributed by atoms with Crippen molar-refractivity contribution in [1.82, 2.24) is 15.3 Å². The molecule has 1 aromatic carbocycles. The van der Waals surface area contributed by atoms with E-state index in [9.17, 15) is 0 Å². The standard InChI is InChI=1S/C23H30Cl2N6S/c1-31(2)21-16-6-3-4-9-19(16)28-22(30-21)26-14-10-12-15(13-11-14)27-23(32)29-20-17(24)7-5-8-18(20)25/h5,7-8,14-15H,3-4,6,9-13H2,1-2H3,(H,26,28,30)(H2,27,29,32). The van der Waals surface area contributed by atoms with E-state index in [0.29, 0.717) is 32.9 Å². The summed E-state index contributed by atoms with van der Waals surface area (Å²) >= 11 is 17.9. The normalized spacial score (nSPS) is 20.2. The highest BCUT2D eigenvalue weighted by molar-refractivity contribution is 7.80. The highest BCUT2D eigenvalue weighted by Crippen LogP contribution is 2.31. The topological polar surface area (TPSA) is 65.1 Å². The number of hydrogen-bond donors (Lipinski definition) is 3. The van der Waals surface area contributed by atoms with Crippen molar-refractivity contribution in [2.24, 2.45) is 0 Å². The minimum atomic E-state index is 0.316. The fourth-order valence-electron chi connectivity index (χ4n) is 4.53. The smallest absolute Gasteiger partial charge is 0.225 e. The van der Waals surface area contributed by atoms with Crippen molar-refractivity contribution in [1.29, 1.82) is 0 Å². The zero-order valence-corrected chi connectivity index (χ0v) is 20.9. The van der Waals surface area contributed by atoms with Gasteiger partial charge in [-0.3, -0.25) is 0 Å². The molecule has 172 valence electrons. The predicted octanol–water partition coefficient (Wildman–Crippen LogP) is 5.44. The third kappa shape index (κ3) is 5.56. The summed E-state index contributed by atoms with van der Waals surface area (Å²) in [6, 6.07) is 6.08. The van der Waals surface area contributed by atoms with E-state index in [1.807, 2.05) is 6.07 Å². The molecule has 1 heterocycles. The number of thiocarbonyl (C=S) groups is 1. The highest BCUT2D eigenvalue weighted by Gasteiger charge is 2.24. The van der Waals surface area contributed by atoms with Crippen LogP contribution in [0.5, 0.6) is 0 Å². The average molecular weight is 494 g/mol. The number of hydrogen-bond acceptors (Lipinski definition) is 5. The molecule has 0 amide bonds. The largest absolute Gasteiger partial charge is 0.362 e. The van der Waals surface area contributed by atoms with Gasteiger partial charge in [-0.15, -0.1) is 0 Å². The lowest BCUT2D eigenvalue weighted by Gasteiger charge is -2.31. The molecule has 0 unspecified atom stereocenters. The van der Waals surface area contributed by atoms with Crippen LogP contribution in [0.1, 0.15) is 49.8 Å². The SMILES string of the molecule is CN(C)c1nc(NC2CCC(NC(=S)Nc3c(Cl)cccc3Cl)CC2)nc2c1CCCC2. The Bertz CT molecular complexity index is 955. The Labute approximate surface area is 205 Å². The molecular formula is C23H30Cl2N6S. The van der Waals surface area contributed by atoms with Gasteiger partial charge in [0.25, 0.3) is 0 Å². The molecule has 0 aliphatic heterocycles. The molecule has 0 spiro atoms. The van der Waals surface area contributed by atoms with Crippen LogP contribution in [0.4, 0.5) is 17.5 Å². The van der Waals surface area contributed by atoms with E-state index in [4.69, 9.17) is 45.4 Å². The van der Waals surface area contributed by atoms with Crippen molar-refractivity contribution >= 4 is 58.0 Å². The molecule has 4 rings (SSSR count). The molecule has 2 aliphatic carbocycles. The van der Waals surface area contributed by atoms with Crippen molar-refractivity contribution in [2.45, 2.75) is 63.5 Å². The molecule has 1 saturated carbocycles. The lowest BCUT2D eigenvalue weighted by molar-refractivity contribution is 0.387. The number of nitrogens with zero attached hydrogens (tertiary/aromatic N) is 3. The second-order valence-electron chi connectivity index (χ2n) is 8.79. The number of rotatable bonds is 5. The Morgan fingerprint density at radius 3 is 2.34 bits per heavy atom. The summed E-state index contributed by atoms with van der Waals surface area (Å²) in [6.45, 7) is 0. The van der Waals surface area contributed by atoms with Gasteiger partial charge < -0.3 is 20.9 Å². The number of fused-ring (bicyclic) bond motifs is 1. The van der Waals surface area contributed by atoms with E-state index < -0.39 is 0 Å². The number of anilines is 3. The van der Waals surface area contributed by atoms with E-state index in [0.717, 1.165) is 50.3 Å². The fourth-order valence-corrected chi connectivity index (χ4v) is 5.29. The molecule has 32 heavy (non-hydrogen) atoms. The maximum atomic E-state index is 6.23. The van der Waals surface area contributed by atoms with Crippen LogP contribution in [0, 0.1) is 0 Å². The summed E-state index contributed by atoms with van der Waals surface area (Å²) in [5, 5.41) is 11.8. The van der Waals surface area contributed by atoms with Gasteiger partial charge in [-0.1, -0.05) is 29.3 Å². The molecule has 9 heteroatoms. The number of halogens is 2. The number of nitrogens with one attached hydrogen (secondary N) is 3. The van der Waals surface area contributed by atoms with Crippen LogP contribution in [0.25, 0.3) is 0 Å². The quantitative estimate of drug-likeness (QED) is 0.480. The van der Waals surface area contributed by atoms with Gasteiger partial charge in [-0.25, -0.2) is 4.98 Å². The van der Waals surface area contributed by atoms with Gasteiger partial charge in [0.05, 0.1) is 21.4 Å². The van der Waals surface area contributed by atoms with Crippen molar-refractivity contribution in [3.8, 4) is 0 Å². The van der Waals surface area contributed by atoms with E-state index >= 15 is 0 Å². The van der Waals surface area contributed by atoms with Gasteiger partial charge in [0.2, 0.25) is 5.95 Å². The monoisotopic (exact) mass is 492 g/mol. The van der Waals surface area contributed by atoms with Crippen molar-refractivity contribution in [3.05, 3.63) is 39.5 Å². The van der Waals surface area contributed by atoms with Gasteiger partial charge in [0, 0.05) is 31.7 Å². The summed E-state index contributed by atoms with van der Waals surface area (Å²) in [6.07, 6.45) is 8.65. The van der Waals surface area contributed by atoms with Crippen molar-refractivity contribution in [2.75, 3.05) is 29.6 Å². The molecule has 0 bridgehead atoms. The first kappa shape index (κ1) is 23.3. The number of para-hydroxylation sites is 1. The second-order valence-corrected chi connectivity index (χ2v) is 10.0. The molecule has 1 fully saturated rings. The zero-order valence-electron chi connectivity index (χ0n) is 18.5. The van der Waals surface area contributed by atoms with Crippen molar-refractivity contribution in [3.63, 3.8) is 0 Å². The van der Waals surface area contributed by atoms with Crippen LogP contribution in [0.3, 0.4) is 0 Å². The minimum absolute atomic E-state index is 0.316. The molecule has 6 nitrogen and oxygen atoms in total. The number of benzene rings is 1. The third-order valence-corrected chi connectivity index (χ3v) is 7.03. The first-order chi connectivity index (χ1) is 15.4. The van der Waals surface area contributed by atoms with Gasteiger partial charge in [-0.2, -0.15) is 4.98 Å². The van der Waals surface area contributed by atoms with E-state index in [1.165, 1.54) is 24.1 Å². The maximum absolute atomic E-state index is 6.23. The highest BCUT2D eigenvalue weighted by atomic mass is 35.5. The van der Waals surface area contributed by atoms with Crippen molar-refractivity contribution < 1.29 is 0 Å². The van der Waals surface area contributed by atoms with Crippen LogP contribution in [-0.2, 0) is 12.8 Å². The van der Waals surface area contributed by atoms with Crippen LogP contribution >= 0.6 is 35.4 Å². The summed E-state index contributed by atoms with van der Waals surface area (Å²) in [5.41, 5.74) is 3.17. The Kier molecular flexibility index (Phi) is 7.59. The molecule has 2 aliphatic rings. The third-order valence-electron chi connectivity index (χ3n) is 6.18. The summed E-state index contributed by atoms with van der Waals surface area (Å²) < 4.78 is 0. The Morgan fingerprint density at radius 2 is 1.66 bits per heavy atom. The van der Waals surface area contributed by atoms with Crippen LogP contribution in [-0.4, -0.2) is 41.3 Å². The lowest BCUT2D eigenvalue weighted by Crippen LogP contribution is -2.42. The van der Waals surface area contributed by atoms with E-state index in [-0.39, 0.29) is 0 Å². The Hall–Kier alpha value is -1.83. The molecular weight excluding hydrogens is 463 g/mol. The Morgan fingerprint density at radius 1 is 1.00 bits per heavy atom. The Balaban J connectivity index is 1.31. The van der Waals surface area contributed by atoms with E-state index in [2.05, 4.69) is 34.9 Å². The van der Waals surface area contributed by atoms with Crippen LogP contribution in [0.15, 0.2) is 18.2 Å². The van der Waals surface area contributed by atoms with Crippen LogP contribution < -0.4 is 20.9 Å². The fraction of sp³-hybridized carbons (Fsp3) is 0.522. The first-order valence-electron chi connectivity index (χ1n) is 11.3. The summed E-state index contributed by atoms with van der Waals surface area (Å²) in [7, 11) is 4.12. The predicted molar refractivity (Wildman–Crippen MR) is 138 cm³/mol. The summed E-state index contributed by atoms with van der Waals surface area (Å²) in [4.78, 5) is 11.8. The van der Waals surface area contributed by atoms with Gasteiger partial charge in [0.15, 0.2) is 5.11 Å². The number of aryl methyl sites for hydroxylation is 1. The van der Waals surface area contributed by atoms with Crippen LogP contribution in [0.2, 0.25) is 10.0 Å². The van der Waals surface area contributed by atoms with E-state index in [1.54, 1.807) is 12.1 Å². The van der Waals surface area contributed by atoms with Gasteiger partial charge in [0.1, 0.15) is 5.82 Å². The second kappa shape index (κ2) is 10.4. The average Bonchev–Trinajstić information content (AvgIpc) is 2.77. The molecule has 1 aromatic heterocycles. The first-order valence-corrected chi connectivity index (χ1v) is 12.4. The van der Waals surface area contributed by atoms with Gasteiger partial charge >= 0.3 is 0 Å². The molecule has 3 N–H and O–H groups in total. The molecule has 0 radical (unpaired) electrons.